The fraction of sp³-hybridized carbons (Fsp3) is 0.300. The number of amides is 1. The number of anilines is 1. The molecule has 5 nitrogen and oxygen atoms in total. The Kier molecular flexibility index (Phi) is 2.24. The molecule has 1 unspecified atom stereocenters. The summed E-state index contributed by atoms with van der Waals surface area (Å²) in [7, 11) is 3.09. The van der Waals surface area contributed by atoms with Crippen LogP contribution in [0.25, 0.3) is 0 Å². The third-order valence-corrected chi connectivity index (χ3v) is 2.42. The smallest absolute Gasteiger partial charge is 0.246 e. The van der Waals surface area contributed by atoms with E-state index < -0.39 is 6.04 Å². The number of carbonyl (C=O) groups is 1. The van der Waals surface area contributed by atoms with Crippen LogP contribution in [0.3, 0.4) is 0 Å². The first-order valence-electron chi connectivity index (χ1n) is 4.49. The van der Waals surface area contributed by atoms with E-state index in [-0.39, 0.29) is 5.91 Å². The van der Waals surface area contributed by atoms with Gasteiger partial charge in [0.25, 0.3) is 0 Å². The van der Waals surface area contributed by atoms with Gasteiger partial charge < -0.3 is 20.5 Å². The predicted molar refractivity (Wildman–Crippen MR) is 55.1 cm³/mol. The molecule has 3 N–H and O–H groups in total. The van der Waals surface area contributed by atoms with Crippen molar-refractivity contribution in [3.63, 3.8) is 0 Å². The van der Waals surface area contributed by atoms with Crippen LogP contribution >= 0.6 is 0 Å². The maximum absolute atomic E-state index is 11.4. The highest BCUT2D eigenvalue weighted by molar-refractivity contribution is 6.03. The van der Waals surface area contributed by atoms with E-state index in [2.05, 4.69) is 5.32 Å². The molecule has 0 bridgehead atoms. The molecule has 0 fully saturated rings. The van der Waals surface area contributed by atoms with Crippen LogP contribution in [0.2, 0.25) is 0 Å². The number of benzene rings is 1. The summed E-state index contributed by atoms with van der Waals surface area (Å²) in [6.45, 7) is 0. The van der Waals surface area contributed by atoms with Gasteiger partial charge in [-0.2, -0.15) is 0 Å². The molecule has 1 aliphatic rings. The maximum atomic E-state index is 11.4. The van der Waals surface area contributed by atoms with E-state index in [1.54, 1.807) is 19.2 Å². The second-order valence-corrected chi connectivity index (χ2v) is 3.26. The highest BCUT2D eigenvalue weighted by atomic mass is 16.5. The lowest BCUT2D eigenvalue weighted by Gasteiger charge is -2.10. The van der Waals surface area contributed by atoms with Crippen molar-refractivity contribution < 1.29 is 14.3 Å². The lowest BCUT2D eigenvalue weighted by atomic mass is 10.1. The summed E-state index contributed by atoms with van der Waals surface area (Å²) in [5, 5.41) is 2.67. The van der Waals surface area contributed by atoms with Gasteiger partial charge in [-0.25, -0.2) is 0 Å². The monoisotopic (exact) mass is 208 g/mol. The standard InChI is InChI=1S/C10H12N2O3/c1-14-5-3-6-8(7(4-5)15-2)9(11)10(13)12-6/h3-4,9H,11H2,1-2H3,(H,12,13). The Labute approximate surface area is 87.2 Å². The van der Waals surface area contributed by atoms with Crippen molar-refractivity contribution >= 4 is 11.6 Å². The number of ether oxygens (including phenoxy) is 2. The summed E-state index contributed by atoms with van der Waals surface area (Å²) in [4.78, 5) is 11.4. The second-order valence-electron chi connectivity index (χ2n) is 3.26. The second kappa shape index (κ2) is 3.43. The molecule has 0 saturated heterocycles. The number of methoxy groups -OCH3 is 2. The molecule has 1 aliphatic heterocycles. The van der Waals surface area contributed by atoms with E-state index in [9.17, 15) is 4.79 Å². The first-order valence-corrected chi connectivity index (χ1v) is 4.49. The molecular formula is C10H12N2O3. The van der Waals surface area contributed by atoms with Crippen LogP contribution in [-0.2, 0) is 4.79 Å². The topological polar surface area (TPSA) is 73.6 Å². The van der Waals surface area contributed by atoms with Gasteiger partial charge in [0.2, 0.25) is 5.91 Å². The van der Waals surface area contributed by atoms with E-state index in [4.69, 9.17) is 15.2 Å². The first-order chi connectivity index (χ1) is 7.17. The number of hydrogen-bond donors (Lipinski definition) is 2. The zero-order valence-electron chi connectivity index (χ0n) is 8.53. The summed E-state index contributed by atoms with van der Waals surface area (Å²) >= 11 is 0. The highest BCUT2D eigenvalue weighted by Gasteiger charge is 2.31. The number of nitrogens with two attached hydrogens (primary N) is 1. The van der Waals surface area contributed by atoms with Crippen LogP contribution in [0.1, 0.15) is 11.6 Å². The molecule has 0 aromatic heterocycles. The summed E-state index contributed by atoms with van der Waals surface area (Å²) in [5.74, 6) is 0.965. The Morgan fingerprint density at radius 2 is 2.07 bits per heavy atom. The molecule has 1 aromatic rings. The number of carbonyl (C=O) groups excluding carboxylic acids is 1. The quantitative estimate of drug-likeness (QED) is 0.748. The van der Waals surface area contributed by atoms with Crippen LogP contribution in [0.15, 0.2) is 12.1 Å². The molecule has 0 radical (unpaired) electrons. The molecule has 0 spiro atoms. The van der Waals surface area contributed by atoms with Crippen LogP contribution in [0, 0.1) is 0 Å². The summed E-state index contributed by atoms with van der Waals surface area (Å²) in [5.41, 5.74) is 7.06. The van der Waals surface area contributed by atoms with Crippen LogP contribution < -0.4 is 20.5 Å². The van der Waals surface area contributed by atoms with Crippen LogP contribution in [0.4, 0.5) is 5.69 Å². The first kappa shape index (κ1) is 9.79. The molecule has 0 aliphatic carbocycles. The van der Waals surface area contributed by atoms with Crippen LogP contribution in [0.5, 0.6) is 11.5 Å². The Morgan fingerprint density at radius 3 is 2.67 bits per heavy atom. The predicted octanol–water partition coefficient (Wildman–Crippen LogP) is 0.656. The highest BCUT2D eigenvalue weighted by Crippen LogP contribution is 2.40. The average molecular weight is 208 g/mol. The summed E-state index contributed by atoms with van der Waals surface area (Å²) in [6.07, 6.45) is 0. The fourth-order valence-electron chi connectivity index (χ4n) is 1.65. The molecule has 2 rings (SSSR count). The van der Waals surface area contributed by atoms with Crippen molar-refractivity contribution in [1.29, 1.82) is 0 Å². The normalized spacial score (nSPS) is 18.3. The molecule has 1 aromatic carbocycles. The van der Waals surface area contributed by atoms with Gasteiger partial charge in [-0.1, -0.05) is 0 Å². The zero-order chi connectivity index (χ0) is 11.0. The molecule has 5 heteroatoms. The SMILES string of the molecule is COc1cc2c(c(OC)c1)C(N)C(=O)N2. The third kappa shape index (κ3) is 1.41. The van der Waals surface area contributed by atoms with Crippen molar-refractivity contribution in [3.05, 3.63) is 17.7 Å². The number of hydrogen-bond acceptors (Lipinski definition) is 4. The van der Waals surface area contributed by atoms with Gasteiger partial charge in [-0.05, 0) is 0 Å². The maximum Gasteiger partial charge on any atom is 0.246 e. The van der Waals surface area contributed by atoms with Crippen LogP contribution in [-0.4, -0.2) is 20.1 Å². The Balaban J connectivity index is 2.57. The van der Waals surface area contributed by atoms with E-state index in [0.717, 1.165) is 0 Å². The summed E-state index contributed by atoms with van der Waals surface area (Å²) < 4.78 is 10.2. The Bertz CT molecular complexity index is 417. The molecule has 1 amide bonds. The van der Waals surface area contributed by atoms with Gasteiger partial charge in [0.05, 0.1) is 19.9 Å². The average Bonchev–Trinajstić information content (AvgIpc) is 2.53. The number of fused-ring (bicyclic) bond motifs is 1. The van der Waals surface area contributed by atoms with Crippen molar-refractivity contribution in [2.75, 3.05) is 19.5 Å². The van der Waals surface area contributed by atoms with Crippen molar-refractivity contribution in [2.45, 2.75) is 6.04 Å². The van der Waals surface area contributed by atoms with Crippen molar-refractivity contribution in [3.8, 4) is 11.5 Å². The molecule has 1 heterocycles. The van der Waals surface area contributed by atoms with Gasteiger partial charge in [0, 0.05) is 17.7 Å². The van der Waals surface area contributed by atoms with Gasteiger partial charge in [0.15, 0.2) is 0 Å². The number of nitrogens with one attached hydrogen (secondary N) is 1. The lowest BCUT2D eigenvalue weighted by Crippen LogP contribution is -2.19. The molecule has 15 heavy (non-hydrogen) atoms. The minimum absolute atomic E-state index is 0.225. The number of rotatable bonds is 2. The van der Waals surface area contributed by atoms with Gasteiger partial charge in [0.1, 0.15) is 17.5 Å². The minimum atomic E-state index is -0.666. The zero-order valence-corrected chi connectivity index (χ0v) is 8.53. The third-order valence-electron chi connectivity index (χ3n) is 2.42. The molecule has 0 saturated carbocycles. The van der Waals surface area contributed by atoms with Gasteiger partial charge >= 0.3 is 0 Å². The Morgan fingerprint density at radius 1 is 1.33 bits per heavy atom. The largest absolute Gasteiger partial charge is 0.497 e. The van der Waals surface area contributed by atoms with E-state index in [1.165, 1.54) is 7.11 Å². The molecule has 80 valence electrons. The van der Waals surface area contributed by atoms with Crippen molar-refractivity contribution in [2.24, 2.45) is 5.73 Å². The van der Waals surface area contributed by atoms with E-state index in [1.807, 2.05) is 0 Å². The van der Waals surface area contributed by atoms with Gasteiger partial charge in [-0.3, -0.25) is 4.79 Å². The fourth-order valence-corrected chi connectivity index (χ4v) is 1.65. The Hall–Kier alpha value is -1.75. The summed E-state index contributed by atoms with van der Waals surface area (Å²) in [6, 6.07) is 2.77. The van der Waals surface area contributed by atoms with E-state index in [0.29, 0.717) is 22.7 Å². The van der Waals surface area contributed by atoms with E-state index >= 15 is 0 Å². The minimum Gasteiger partial charge on any atom is -0.497 e. The lowest BCUT2D eigenvalue weighted by molar-refractivity contribution is -0.116. The van der Waals surface area contributed by atoms with Gasteiger partial charge in [-0.15, -0.1) is 0 Å². The van der Waals surface area contributed by atoms with Crippen molar-refractivity contribution in [1.82, 2.24) is 0 Å². The molecule has 1 atom stereocenters. The molecular weight excluding hydrogens is 196 g/mol.